The molecule has 1 aromatic rings. The van der Waals surface area contributed by atoms with E-state index in [2.05, 4.69) is 33.7 Å². The van der Waals surface area contributed by atoms with Crippen LogP contribution in [0.5, 0.6) is 0 Å². The fourth-order valence-corrected chi connectivity index (χ4v) is 2.41. The first-order valence-electron chi connectivity index (χ1n) is 7.15. The largest absolute Gasteiger partial charge is 0.340 e. The van der Waals surface area contributed by atoms with E-state index in [1.807, 2.05) is 6.92 Å². The summed E-state index contributed by atoms with van der Waals surface area (Å²) < 4.78 is 0. The van der Waals surface area contributed by atoms with Crippen molar-refractivity contribution in [1.82, 2.24) is 14.9 Å². The minimum Gasteiger partial charge on any atom is -0.340 e. The highest BCUT2D eigenvalue weighted by atomic mass is 16.1. The molecule has 5 heteroatoms. The van der Waals surface area contributed by atoms with Crippen molar-refractivity contribution in [1.29, 1.82) is 0 Å². The lowest BCUT2D eigenvalue weighted by molar-refractivity contribution is 0.311. The van der Waals surface area contributed by atoms with Crippen molar-refractivity contribution in [2.45, 2.75) is 33.1 Å². The SMILES string of the molecule is CCCCc1c(C)nc(N2CCN(C)CC2)[nH]c1=O. The van der Waals surface area contributed by atoms with Crippen molar-refractivity contribution in [2.24, 2.45) is 0 Å². The molecule has 0 unspecified atom stereocenters. The summed E-state index contributed by atoms with van der Waals surface area (Å²) in [7, 11) is 2.12. The summed E-state index contributed by atoms with van der Waals surface area (Å²) in [6.45, 7) is 7.95. The molecular formula is C14H24N4O. The monoisotopic (exact) mass is 264 g/mol. The molecule has 1 saturated heterocycles. The van der Waals surface area contributed by atoms with Gasteiger partial charge in [0.2, 0.25) is 5.95 Å². The second-order valence-corrected chi connectivity index (χ2v) is 5.35. The molecule has 1 aliphatic heterocycles. The molecule has 2 heterocycles. The maximum atomic E-state index is 12.1. The molecule has 0 spiro atoms. The minimum atomic E-state index is 0.0369. The van der Waals surface area contributed by atoms with Crippen LogP contribution in [0.15, 0.2) is 4.79 Å². The second-order valence-electron chi connectivity index (χ2n) is 5.35. The first-order chi connectivity index (χ1) is 9.11. The number of anilines is 1. The van der Waals surface area contributed by atoms with E-state index < -0.39 is 0 Å². The highest BCUT2D eigenvalue weighted by Crippen LogP contribution is 2.12. The fourth-order valence-electron chi connectivity index (χ4n) is 2.41. The molecule has 2 rings (SSSR count). The molecule has 1 N–H and O–H groups in total. The van der Waals surface area contributed by atoms with Crippen molar-refractivity contribution in [3.63, 3.8) is 0 Å². The van der Waals surface area contributed by atoms with Gasteiger partial charge in [-0.2, -0.15) is 0 Å². The minimum absolute atomic E-state index is 0.0369. The molecule has 1 fully saturated rings. The van der Waals surface area contributed by atoms with Gasteiger partial charge in [-0.25, -0.2) is 4.98 Å². The quantitative estimate of drug-likeness (QED) is 0.887. The van der Waals surface area contributed by atoms with Crippen LogP contribution in [0.1, 0.15) is 31.0 Å². The topological polar surface area (TPSA) is 52.2 Å². The number of nitrogens with zero attached hydrogens (tertiary/aromatic N) is 3. The number of H-pyrrole nitrogens is 1. The Morgan fingerprint density at radius 1 is 1.26 bits per heavy atom. The van der Waals surface area contributed by atoms with Gasteiger partial charge in [0.25, 0.3) is 5.56 Å². The molecule has 0 aliphatic carbocycles. The lowest BCUT2D eigenvalue weighted by Gasteiger charge is -2.32. The van der Waals surface area contributed by atoms with Crippen LogP contribution in [0.3, 0.4) is 0 Å². The molecule has 1 aromatic heterocycles. The third-order valence-electron chi connectivity index (χ3n) is 3.79. The van der Waals surface area contributed by atoms with Gasteiger partial charge in [0, 0.05) is 37.4 Å². The van der Waals surface area contributed by atoms with Crippen molar-refractivity contribution < 1.29 is 0 Å². The van der Waals surface area contributed by atoms with E-state index in [0.29, 0.717) is 0 Å². The Morgan fingerprint density at radius 3 is 2.53 bits per heavy atom. The molecule has 1 aliphatic rings. The number of hydrogen-bond donors (Lipinski definition) is 1. The van der Waals surface area contributed by atoms with E-state index in [1.54, 1.807) is 0 Å². The number of aromatic nitrogens is 2. The van der Waals surface area contributed by atoms with E-state index in [4.69, 9.17) is 0 Å². The van der Waals surface area contributed by atoms with Gasteiger partial charge < -0.3 is 9.80 Å². The predicted octanol–water partition coefficient (Wildman–Crippen LogP) is 1.17. The van der Waals surface area contributed by atoms with Gasteiger partial charge in [0.1, 0.15) is 0 Å². The first kappa shape index (κ1) is 14.1. The van der Waals surface area contributed by atoms with Crippen molar-refractivity contribution in [3.8, 4) is 0 Å². The number of nitrogens with one attached hydrogen (secondary N) is 1. The molecule has 0 radical (unpaired) electrons. The van der Waals surface area contributed by atoms with Gasteiger partial charge in [-0.1, -0.05) is 13.3 Å². The fraction of sp³-hybridized carbons (Fsp3) is 0.714. The van der Waals surface area contributed by atoms with Crippen LogP contribution < -0.4 is 10.5 Å². The van der Waals surface area contributed by atoms with Crippen LogP contribution in [0, 0.1) is 6.92 Å². The molecule has 5 nitrogen and oxygen atoms in total. The van der Waals surface area contributed by atoms with Gasteiger partial charge in [-0.05, 0) is 26.8 Å². The maximum absolute atomic E-state index is 12.1. The Morgan fingerprint density at radius 2 is 1.95 bits per heavy atom. The molecule has 0 amide bonds. The summed E-state index contributed by atoms with van der Waals surface area (Å²) in [5.41, 5.74) is 1.76. The van der Waals surface area contributed by atoms with Crippen LogP contribution in [0.4, 0.5) is 5.95 Å². The number of piperazine rings is 1. The Balaban J connectivity index is 2.17. The number of aryl methyl sites for hydroxylation is 1. The summed E-state index contributed by atoms with van der Waals surface area (Å²) in [5.74, 6) is 0.732. The van der Waals surface area contributed by atoms with E-state index >= 15 is 0 Å². The molecule has 106 valence electrons. The highest BCUT2D eigenvalue weighted by Gasteiger charge is 2.17. The lowest BCUT2D eigenvalue weighted by atomic mass is 10.1. The Hall–Kier alpha value is -1.36. The Bertz CT molecular complexity index is 475. The number of rotatable bonds is 4. The molecule has 0 atom stereocenters. The summed E-state index contributed by atoms with van der Waals surface area (Å²) >= 11 is 0. The zero-order valence-electron chi connectivity index (χ0n) is 12.2. The smallest absolute Gasteiger partial charge is 0.255 e. The average molecular weight is 264 g/mol. The predicted molar refractivity (Wildman–Crippen MR) is 77.9 cm³/mol. The summed E-state index contributed by atoms with van der Waals surface area (Å²) in [5, 5.41) is 0. The highest BCUT2D eigenvalue weighted by molar-refractivity contribution is 5.33. The van der Waals surface area contributed by atoms with Crippen LogP contribution in [0.2, 0.25) is 0 Å². The van der Waals surface area contributed by atoms with E-state index in [9.17, 15) is 4.79 Å². The van der Waals surface area contributed by atoms with Gasteiger partial charge in [-0.3, -0.25) is 9.78 Å². The summed E-state index contributed by atoms with van der Waals surface area (Å²) in [6, 6.07) is 0. The van der Waals surface area contributed by atoms with Gasteiger partial charge in [-0.15, -0.1) is 0 Å². The number of unbranched alkanes of at least 4 members (excludes halogenated alkanes) is 1. The maximum Gasteiger partial charge on any atom is 0.255 e. The third-order valence-corrected chi connectivity index (χ3v) is 3.79. The number of aromatic amines is 1. The zero-order chi connectivity index (χ0) is 13.8. The van der Waals surface area contributed by atoms with Crippen molar-refractivity contribution >= 4 is 5.95 Å². The lowest BCUT2D eigenvalue weighted by Crippen LogP contribution is -2.45. The number of likely N-dealkylation sites (N-methyl/N-ethyl adjacent to an activating group) is 1. The molecule has 19 heavy (non-hydrogen) atoms. The van der Waals surface area contributed by atoms with E-state index in [-0.39, 0.29) is 5.56 Å². The van der Waals surface area contributed by atoms with Gasteiger partial charge in [0.05, 0.1) is 0 Å². The van der Waals surface area contributed by atoms with Gasteiger partial charge in [0.15, 0.2) is 0 Å². The second kappa shape index (κ2) is 6.19. The number of hydrogen-bond acceptors (Lipinski definition) is 4. The van der Waals surface area contributed by atoms with Crippen molar-refractivity contribution in [2.75, 3.05) is 38.1 Å². The van der Waals surface area contributed by atoms with Crippen molar-refractivity contribution in [3.05, 3.63) is 21.6 Å². The first-order valence-corrected chi connectivity index (χ1v) is 7.15. The molecule has 0 bridgehead atoms. The van der Waals surface area contributed by atoms with Gasteiger partial charge >= 0.3 is 0 Å². The summed E-state index contributed by atoms with van der Waals surface area (Å²) in [4.78, 5) is 24.1. The van der Waals surface area contributed by atoms with Crippen LogP contribution in [-0.2, 0) is 6.42 Å². The summed E-state index contributed by atoms with van der Waals surface area (Å²) in [6.07, 6.45) is 2.96. The normalized spacial score (nSPS) is 16.9. The van der Waals surface area contributed by atoms with Crippen LogP contribution >= 0.6 is 0 Å². The van der Waals surface area contributed by atoms with Crippen LogP contribution in [-0.4, -0.2) is 48.1 Å². The molecule has 0 saturated carbocycles. The van der Waals surface area contributed by atoms with E-state index in [1.165, 1.54) is 0 Å². The zero-order valence-corrected chi connectivity index (χ0v) is 12.2. The Labute approximate surface area is 114 Å². The van der Waals surface area contributed by atoms with Crippen LogP contribution in [0.25, 0.3) is 0 Å². The third kappa shape index (κ3) is 3.35. The standard InChI is InChI=1S/C14H24N4O/c1-4-5-6-12-11(2)15-14(16-13(12)19)18-9-7-17(3)8-10-18/h4-10H2,1-3H3,(H,15,16,19). The van der Waals surface area contributed by atoms with E-state index in [0.717, 1.165) is 62.6 Å². The Kier molecular flexibility index (Phi) is 4.58. The average Bonchev–Trinajstić information content (AvgIpc) is 2.38. The molecule has 0 aromatic carbocycles. The molecular weight excluding hydrogens is 240 g/mol.